The van der Waals surface area contributed by atoms with Gasteiger partial charge in [-0.3, -0.25) is 9.59 Å². The lowest BCUT2D eigenvalue weighted by molar-refractivity contribution is -0.123. The number of carbonyl (C=O) groups is 2. The third-order valence-electron chi connectivity index (χ3n) is 2.95. The van der Waals surface area contributed by atoms with Crippen molar-refractivity contribution in [2.24, 2.45) is 23.1 Å². The van der Waals surface area contributed by atoms with Crippen LogP contribution in [0.15, 0.2) is 0 Å². The van der Waals surface area contributed by atoms with Crippen molar-refractivity contribution < 1.29 is 9.59 Å². The maximum absolute atomic E-state index is 11.7. The van der Waals surface area contributed by atoms with E-state index in [1.54, 1.807) is 0 Å². The van der Waals surface area contributed by atoms with Crippen LogP contribution in [-0.2, 0) is 9.59 Å². The van der Waals surface area contributed by atoms with E-state index in [2.05, 4.69) is 5.32 Å². The molecule has 0 saturated heterocycles. The first-order valence-electron chi connectivity index (χ1n) is 5.96. The molecule has 17 heavy (non-hydrogen) atoms. The van der Waals surface area contributed by atoms with Crippen molar-refractivity contribution in [2.45, 2.75) is 45.2 Å². The van der Waals surface area contributed by atoms with E-state index >= 15 is 0 Å². The Bertz CT molecular complexity index is 258. The number of nitrogens with one attached hydrogen (secondary N) is 1. The fourth-order valence-corrected chi connectivity index (χ4v) is 1.44. The maximum atomic E-state index is 11.7. The van der Waals surface area contributed by atoms with Crippen LogP contribution in [0, 0.1) is 5.92 Å². The van der Waals surface area contributed by atoms with Crippen molar-refractivity contribution >= 4 is 11.8 Å². The fourth-order valence-electron chi connectivity index (χ4n) is 1.44. The molecule has 0 saturated carbocycles. The zero-order valence-corrected chi connectivity index (χ0v) is 10.6. The lowest BCUT2D eigenvalue weighted by Crippen LogP contribution is -2.50. The monoisotopic (exact) mass is 244 g/mol. The van der Waals surface area contributed by atoms with Gasteiger partial charge in [-0.1, -0.05) is 20.3 Å². The number of hydrogen-bond donors (Lipinski definition) is 4. The van der Waals surface area contributed by atoms with Crippen LogP contribution in [0.25, 0.3) is 0 Å². The minimum absolute atomic E-state index is 0.0767. The first-order valence-corrected chi connectivity index (χ1v) is 5.96. The van der Waals surface area contributed by atoms with Crippen molar-refractivity contribution in [1.82, 2.24) is 5.32 Å². The lowest BCUT2D eigenvalue weighted by Gasteiger charge is -2.24. The van der Waals surface area contributed by atoms with E-state index in [9.17, 15) is 9.59 Å². The lowest BCUT2D eigenvalue weighted by atomic mass is 9.98. The summed E-state index contributed by atoms with van der Waals surface area (Å²) < 4.78 is 0. The van der Waals surface area contributed by atoms with Gasteiger partial charge in [-0.2, -0.15) is 0 Å². The smallest absolute Gasteiger partial charge is 0.237 e. The van der Waals surface area contributed by atoms with E-state index in [-0.39, 0.29) is 24.8 Å². The highest BCUT2D eigenvalue weighted by Crippen LogP contribution is 2.07. The van der Waals surface area contributed by atoms with E-state index in [1.165, 1.54) is 0 Å². The molecule has 100 valence electrons. The molecule has 2 amide bonds. The molecule has 0 aromatic carbocycles. The van der Waals surface area contributed by atoms with Crippen LogP contribution in [0.5, 0.6) is 0 Å². The molecule has 6 heteroatoms. The molecule has 0 radical (unpaired) electrons. The predicted octanol–water partition coefficient (Wildman–Crippen LogP) is -0.931. The number of carbonyl (C=O) groups excluding carboxylic acids is 2. The number of hydrogen-bond acceptors (Lipinski definition) is 4. The van der Waals surface area contributed by atoms with E-state index in [0.717, 1.165) is 6.42 Å². The Morgan fingerprint density at radius 1 is 1.35 bits per heavy atom. The van der Waals surface area contributed by atoms with Crippen LogP contribution in [0.4, 0.5) is 0 Å². The third kappa shape index (κ3) is 6.23. The first-order chi connectivity index (χ1) is 7.92. The second-order valence-corrected chi connectivity index (χ2v) is 4.35. The van der Waals surface area contributed by atoms with Crippen molar-refractivity contribution in [3.63, 3.8) is 0 Å². The summed E-state index contributed by atoms with van der Waals surface area (Å²) in [6.45, 7) is 4.43. The molecule has 0 aromatic heterocycles. The Kier molecular flexibility index (Phi) is 7.49. The summed E-state index contributed by atoms with van der Waals surface area (Å²) in [4.78, 5) is 22.3. The van der Waals surface area contributed by atoms with Crippen molar-refractivity contribution in [1.29, 1.82) is 0 Å². The molecule has 3 atom stereocenters. The van der Waals surface area contributed by atoms with Gasteiger partial charge in [-0.05, 0) is 12.3 Å². The van der Waals surface area contributed by atoms with Gasteiger partial charge in [0.2, 0.25) is 11.8 Å². The topological polar surface area (TPSA) is 124 Å². The fraction of sp³-hybridized carbons (Fsp3) is 0.818. The normalized spacial score (nSPS) is 16.0. The van der Waals surface area contributed by atoms with Gasteiger partial charge in [0, 0.05) is 19.0 Å². The summed E-state index contributed by atoms with van der Waals surface area (Å²) >= 11 is 0. The summed E-state index contributed by atoms with van der Waals surface area (Å²) in [5, 5.41) is 2.80. The van der Waals surface area contributed by atoms with E-state index in [1.807, 2.05) is 13.8 Å². The molecule has 7 N–H and O–H groups in total. The quantitative estimate of drug-likeness (QED) is 0.440. The number of rotatable bonds is 8. The minimum Gasteiger partial charge on any atom is -0.370 e. The zero-order chi connectivity index (χ0) is 13.4. The second-order valence-electron chi connectivity index (χ2n) is 4.35. The van der Waals surface area contributed by atoms with Gasteiger partial charge in [0.25, 0.3) is 0 Å². The molecular weight excluding hydrogens is 220 g/mol. The van der Waals surface area contributed by atoms with E-state index in [4.69, 9.17) is 17.2 Å². The van der Waals surface area contributed by atoms with Crippen LogP contribution in [-0.4, -0.2) is 30.4 Å². The molecule has 0 aliphatic carbocycles. The molecule has 0 rings (SSSR count). The van der Waals surface area contributed by atoms with E-state index < -0.39 is 11.9 Å². The molecule has 0 aromatic rings. The molecule has 0 heterocycles. The third-order valence-corrected chi connectivity index (χ3v) is 2.95. The summed E-state index contributed by atoms with van der Waals surface area (Å²) in [7, 11) is 0. The Balaban J connectivity index is 4.16. The largest absolute Gasteiger partial charge is 0.370 e. The van der Waals surface area contributed by atoms with Gasteiger partial charge in [0.15, 0.2) is 0 Å². The molecular formula is C11H24N4O2. The van der Waals surface area contributed by atoms with E-state index in [0.29, 0.717) is 12.5 Å². The van der Waals surface area contributed by atoms with Gasteiger partial charge >= 0.3 is 0 Å². The summed E-state index contributed by atoms with van der Waals surface area (Å²) in [6.07, 6.45) is 1.31. The second kappa shape index (κ2) is 8.03. The van der Waals surface area contributed by atoms with Crippen molar-refractivity contribution in [2.75, 3.05) is 6.54 Å². The number of primary amides is 1. The van der Waals surface area contributed by atoms with Gasteiger partial charge in [-0.15, -0.1) is 0 Å². The number of nitrogens with two attached hydrogens (primary N) is 3. The van der Waals surface area contributed by atoms with Crippen LogP contribution >= 0.6 is 0 Å². The molecule has 0 aliphatic rings. The van der Waals surface area contributed by atoms with Crippen molar-refractivity contribution in [3.05, 3.63) is 0 Å². The standard InChI is InChI=1S/C11H24N4O2/c1-3-7(2)9(6-12)15-11(17)8(13)4-5-10(14)16/h7-9H,3-6,12-13H2,1-2H3,(H2,14,16)(H,15,17)/t7-,8-,9+/m0/s1. The molecule has 0 spiro atoms. The van der Waals surface area contributed by atoms with Crippen LogP contribution in [0.1, 0.15) is 33.1 Å². The van der Waals surface area contributed by atoms with Gasteiger partial charge in [0.05, 0.1) is 6.04 Å². The average Bonchev–Trinajstić information content (AvgIpc) is 2.31. The van der Waals surface area contributed by atoms with Crippen LogP contribution in [0.2, 0.25) is 0 Å². The van der Waals surface area contributed by atoms with Gasteiger partial charge in [0.1, 0.15) is 0 Å². The SMILES string of the molecule is CC[C@H](C)[C@@H](CN)NC(=O)[C@@H](N)CCC(N)=O. The van der Waals surface area contributed by atoms with Crippen molar-refractivity contribution in [3.8, 4) is 0 Å². The summed E-state index contributed by atoms with van der Waals surface area (Å²) in [6, 6.07) is -0.785. The average molecular weight is 244 g/mol. The number of amides is 2. The summed E-state index contributed by atoms with van der Waals surface area (Å²) in [5.74, 6) is -0.431. The maximum Gasteiger partial charge on any atom is 0.237 e. The molecule has 0 unspecified atom stereocenters. The molecule has 6 nitrogen and oxygen atoms in total. The predicted molar refractivity (Wildman–Crippen MR) is 66.8 cm³/mol. The minimum atomic E-state index is -0.708. The highest BCUT2D eigenvalue weighted by Gasteiger charge is 2.20. The molecule has 0 aliphatic heterocycles. The highest BCUT2D eigenvalue weighted by atomic mass is 16.2. The highest BCUT2D eigenvalue weighted by molar-refractivity contribution is 5.82. The Morgan fingerprint density at radius 2 is 1.94 bits per heavy atom. The molecule has 0 bridgehead atoms. The first kappa shape index (κ1) is 15.9. The van der Waals surface area contributed by atoms with Gasteiger partial charge < -0.3 is 22.5 Å². The Hall–Kier alpha value is -1.14. The van der Waals surface area contributed by atoms with Gasteiger partial charge in [-0.25, -0.2) is 0 Å². The molecule has 0 fully saturated rings. The van der Waals surface area contributed by atoms with Crippen LogP contribution < -0.4 is 22.5 Å². The Morgan fingerprint density at radius 3 is 2.35 bits per heavy atom. The summed E-state index contributed by atoms with van der Waals surface area (Å²) in [5.41, 5.74) is 16.2. The zero-order valence-electron chi connectivity index (χ0n) is 10.6. The van der Waals surface area contributed by atoms with Crippen LogP contribution in [0.3, 0.4) is 0 Å². The Labute approximate surface area is 102 Å².